The molecule has 0 unspecified atom stereocenters. The van der Waals surface area contributed by atoms with Crippen molar-refractivity contribution in [3.8, 4) is 0 Å². The third-order valence-corrected chi connectivity index (χ3v) is 11.3. The zero-order chi connectivity index (χ0) is 23.9. The zero-order valence-electron chi connectivity index (χ0n) is 20.8. The molecule has 7 nitrogen and oxygen atoms in total. The van der Waals surface area contributed by atoms with Crippen LogP contribution in [0.1, 0.15) is 58.3 Å². The highest BCUT2D eigenvalue weighted by Gasteiger charge is 2.37. The Kier molecular flexibility index (Phi) is 6.94. The van der Waals surface area contributed by atoms with E-state index in [1.54, 1.807) is 30.5 Å². The van der Waals surface area contributed by atoms with E-state index < -0.39 is 10.0 Å². The number of hydrogen-bond acceptors (Lipinski definition) is 7. The molecule has 188 valence electrons. The van der Waals surface area contributed by atoms with Crippen LogP contribution in [-0.2, 0) is 10.0 Å². The fourth-order valence-electron chi connectivity index (χ4n) is 6.05. The molecule has 3 heterocycles. The van der Waals surface area contributed by atoms with E-state index in [0.717, 1.165) is 47.6 Å². The normalized spacial score (nSPS) is 29.4. The van der Waals surface area contributed by atoms with Crippen molar-refractivity contribution < 1.29 is 8.42 Å². The van der Waals surface area contributed by atoms with E-state index in [4.69, 9.17) is 4.98 Å². The largest absolute Gasteiger partial charge is 0.359 e. The maximum absolute atomic E-state index is 13.2. The highest BCUT2D eigenvalue weighted by Crippen LogP contribution is 2.37. The maximum Gasteiger partial charge on any atom is 0.242 e. The van der Waals surface area contributed by atoms with Crippen molar-refractivity contribution in [1.82, 2.24) is 19.1 Å². The van der Waals surface area contributed by atoms with Gasteiger partial charge in [-0.3, -0.25) is 4.90 Å². The number of fused-ring (bicyclic) bond motifs is 1. The molecule has 0 radical (unpaired) electrons. The molecule has 1 aromatic carbocycles. The molecule has 5 rings (SSSR count). The van der Waals surface area contributed by atoms with Crippen LogP contribution in [0.3, 0.4) is 0 Å². The van der Waals surface area contributed by atoms with E-state index >= 15 is 0 Å². The minimum absolute atomic E-state index is 0.293. The number of benzene rings is 1. The number of anilines is 1. The Morgan fingerprint density at radius 2 is 1.88 bits per heavy atom. The number of rotatable bonds is 7. The van der Waals surface area contributed by atoms with Crippen molar-refractivity contribution in [2.45, 2.75) is 80.8 Å². The average molecular weight is 506 g/mol. The number of nitrogens with zero attached hydrogens (tertiary/aromatic N) is 4. The summed E-state index contributed by atoms with van der Waals surface area (Å²) in [7, 11) is 0.236. The van der Waals surface area contributed by atoms with Crippen molar-refractivity contribution >= 4 is 36.7 Å². The quantitative estimate of drug-likeness (QED) is 0.608. The molecular formula is C25H39N5O2S2. The van der Waals surface area contributed by atoms with Crippen LogP contribution in [0.15, 0.2) is 23.1 Å². The molecule has 0 bridgehead atoms. The summed E-state index contributed by atoms with van der Waals surface area (Å²) in [6.07, 6.45) is 9.62. The van der Waals surface area contributed by atoms with Crippen LogP contribution in [0.25, 0.3) is 10.2 Å². The van der Waals surface area contributed by atoms with Gasteiger partial charge in [-0.1, -0.05) is 11.3 Å². The van der Waals surface area contributed by atoms with Crippen molar-refractivity contribution in [2.24, 2.45) is 0 Å². The number of thiazole rings is 1. The second kappa shape index (κ2) is 9.65. The molecule has 3 aliphatic rings. The van der Waals surface area contributed by atoms with Crippen LogP contribution in [0.5, 0.6) is 0 Å². The van der Waals surface area contributed by atoms with Crippen molar-refractivity contribution in [3.05, 3.63) is 18.2 Å². The van der Waals surface area contributed by atoms with Crippen LogP contribution >= 0.6 is 11.3 Å². The second-order valence-corrected chi connectivity index (χ2v) is 13.9. The molecule has 1 N–H and O–H groups in total. The highest BCUT2D eigenvalue weighted by molar-refractivity contribution is 7.89. The molecular weight excluding hydrogens is 466 g/mol. The minimum Gasteiger partial charge on any atom is -0.359 e. The van der Waals surface area contributed by atoms with Gasteiger partial charge < -0.3 is 10.2 Å². The maximum atomic E-state index is 13.2. The van der Waals surface area contributed by atoms with Gasteiger partial charge in [0.2, 0.25) is 10.0 Å². The summed E-state index contributed by atoms with van der Waals surface area (Å²) in [6.45, 7) is 6.51. The van der Waals surface area contributed by atoms with Gasteiger partial charge in [-0.15, -0.1) is 0 Å². The first kappa shape index (κ1) is 24.4. The van der Waals surface area contributed by atoms with E-state index in [9.17, 15) is 8.42 Å². The van der Waals surface area contributed by atoms with Gasteiger partial charge in [-0.25, -0.2) is 13.4 Å². The van der Waals surface area contributed by atoms with Gasteiger partial charge in [0, 0.05) is 31.2 Å². The number of likely N-dealkylation sites (tertiary alicyclic amines) is 2. The van der Waals surface area contributed by atoms with Crippen molar-refractivity contribution in [3.63, 3.8) is 0 Å². The van der Waals surface area contributed by atoms with Gasteiger partial charge in [0.05, 0.1) is 15.1 Å². The molecule has 2 saturated heterocycles. The van der Waals surface area contributed by atoms with E-state index in [-0.39, 0.29) is 0 Å². The predicted octanol–water partition coefficient (Wildman–Crippen LogP) is 4.22. The molecule has 0 amide bonds. The van der Waals surface area contributed by atoms with Gasteiger partial charge in [0.1, 0.15) is 0 Å². The first-order valence-corrected chi connectivity index (χ1v) is 15.1. The van der Waals surface area contributed by atoms with E-state index in [1.807, 2.05) is 6.07 Å². The van der Waals surface area contributed by atoms with Crippen LogP contribution in [0, 0.1) is 0 Å². The summed E-state index contributed by atoms with van der Waals surface area (Å²) < 4.78 is 29.0. The third-order valence-electron chi connectivity index (χ3n) is 8.47. The number of hydrogen-bond donors (Lipinski definition) is 1. The van der Waals surface area contributed by atoms with Crippen LogP contribution in [-0.4, -0.2) is 85.4 Å². The molecule has 34 heavy (non-hydrogen) atoms. The number of nitrogens with one attached hydrogen (secondary N) is 1. The lowest BCUT2D eigenvalue weighted by Crippen LogP contribution is -2.48. The zero-order valence-corrected chi connectivity index (χ0v) is 22.4. The monoisotopic (exact) mass is 505 g/mol. The Labute approximate surface area is 208 Å². The summed E-state index contributed by atoms with van der Waals surface area (Å²) in [6, 6.07) is 6.12. The lowest BCUT2D eigenvalue weighted by atomic mass is 9.79. The first-order valence-electron chi connectivity index (χ1n) is 12.8. The smallest absolute Gasteiger partial charge is 0.242 e. The second-order valence-electron chi connectivity index (χ2n) is 10.8. The van der Waals surface area contributed by atoms with E-state index in [1.165, 1.54) is 43.1 Å². The molecule has 9 heteroatoms. The first-order chi connectivity index (χ1) is 16.2. The van der Waals surface area contributed by atoms with E-state index in [0.29, 0.717) is 29.1 Å². The molecule has 2 aromatic rings. The highest BCUT2D eigenvalue weighted by atomic mass is 32.2. The van der Waals surface area contributed by atoms with Gasteiger partial charge in [-0.05, 0) is 103 Å². The lowest BCUT2D eigenvalue weighted by molar-refractivity contribution is 0.0874. The topological polar surface area (TPSA) is 68.8 Å². The molecule has 2 aliphatic heterocycles. The van der Waals surface area contributed by atoms with Crippen LogP contribution < -0.4 is 5.32 Å². The Morgan fingerprint density at radius 3 is 2.56 bits per heavy atom. The fraction of sp³-hybridized carbons (Fsp3) is 0.720. The number of likely N-dealkylation sites (N-methyl/N-ethyl adjacent to an activating group) is 2. The standard InChI is InChI=1S/C25H39N5O2S2/c1-25(30-15-4-5-16-30)12-10-19(11-13-25)26-24-27-22-17-21(8-9-23(22)33-24)34(31,32)29(3)18-20-7-6-14-28(20)2/h8-9,17,19-20H,4-7,10-16,18H2,1-3H3,(H,26,27)/t19?,20-,25?/m0/s1. The fourth-order valence-corrected chi connectivity index (χ4v) is 8.20. The molecule has 3 fully saturated rings. The predicted molar refractivity (Wildman–Crippen MR) is 140 cm³/mol. The van der Waals surface area contributed by atoms with E-state index in [2.05, 4.69) is 29.1 Å². The minimum atomic E-state index is -3.53. The molecule has 1 aliphatic carbocycles. The summed E-state index contributed by atoms with van der Waals surface area (Å²) in [5.41, 5.74) is 1.11. The summed E-state index contributed by atoms with van der Waals surface area (Å²) in [5.74, 6) is 0. The van der Waals surface area contributed by atoms with Crippen LogP contribution in [0.2, 0.25) is 0 Å². The molecule has 1 atom stereocenters. The Hall–Kier alpha value is -1.26. The summed E-state index contributed by atoms with van der Waals surface area (Å²) in [5, 5.41) is 4.56. The Morgan fingerprint density at radius 1 is 1.15 bits per heavy atom. The van der Waals surface area contributed by atoms with Crippen molar-refractivity contribution in [2.75, 3.05) is 45.6 Å². The Bertz CT molecular complexity index is 1100. The third kappa shape index (κ3) is 4.87. The summed E-state index contributed by atoms with van der Waals surface area (Å²) in [4.78, 5) is 10.1. The molecule has 1 saturated carbocycles. The SMILES string of the molecule is CN1CCC[C@H]1CN(C)S(=O)(=O)c1ccc2sc(NC3CCC(C)(N4CCCC4)CC3)nc2c1. The molecule has 0 spiro atoms. The number of aromatic nitrogens is 1. The number of sulfonamides is 1. The van der Waals surface area contributed by atoms with Gasteiger partial charge >= 0.3 is 0 Å². The van der Waals surface area contributed by atoms with Gasteiger partial charge in [0.25, 0.3) is 0 Å². The van der Waals surface area contributed by atoms with Crippen molar-refractivity contribution in [1.29, 1.82) is 0 Å². The molecule has 1 aromatic heterocycles. The lowest BCUT2D eigenvalue weighted by Gasteiger charge is -2.44. The summed E-state index contributed by atoms with van der Waals surface area (Å²) >= 11 is 1.62. The van der Waals surface area contributed by atoms with Gasteiger partial charge in [0.15, 0.2) is 5.13 Å². The van der Waals surface area contributed by atoms with Gasteiger partial charge in [-0.2, -0.15) is 4.31 Å². The van der Waals surface area contributed by atoms with Crippen LogP contribution in [0.4, 0.5) is 5.13 Å². The Balaban J connectivity index is 1.24. The average Bonchev–Trinajstić information content (AvgIpc) is 3.56.